The fraction of sp³-hybridized carbons (Fsp3) is 0.538. The van der Waals surface area contributed by atoms with Crippen molar-refractivity contribution >= 4 is 34.0 Å². The van der Waals surface area contributed by atoms with E-state index in [9.17, 15) is 15.2 Å². The van der Waals surface area contributed by atoms with E-state index >= 15 is 0 Å². The molecule has 0 fully saturated rings. The van der Waals surface area contributed by atoms with Gasteiger partial charge in [-0.25, -0.2) is 0 Å². The summed E-state index contributed by atoms with van der Waals surface area (Å²) in [6, 6.07) is 4.67. The van der Waals surface area contributed by atoms with Crippen LogP contribution in [-0.4, -0.2) is 22.7 Å². The second-order valence-corrected chi connectivity index (χ2v) is 5.61. The molecule has 0 aliphatic heterocycles. The van der Waals surface area contributed by atoms with Gasteiger partial charge in [0, 0.05) is 27.9 Å². The molecule has 1 rings (SSSR count). The molecule has 0 amide bonds. The van der Waals surface area contributed by atoms with Crippen LogP contribution in [-0.2, 0) is 0 Å². The molecule has 0 saturated carbocycles. The number of aliphatic hydroxyl groups is 1. The molecule has 1 aromatic rings. The minimum atomic E-state index is -0.412. The van der Waals surface area contributed by atoms with Crippen molar-refractivity contribution < 1.29 is 10.0 Å². The first-order valence-electron chi connectivity index (χ1n) is 6.35. The van der Waals surface area contributed by atoms with Crippen LogP contribution in [0, 0.1) is 19.6 Å². The lowest BCUT2D eigenvalue weighted by Crippen LogP contribution is -2.27. The Bertz CT molecular complexity index is 436. The molecule has 6 heteroatoms. The Morgan fingerprint density at radius 1 is 1.42 bits per heavy atom. The van der Waals surface area contributed by atoms with Crippen molar-refractivity contribution in [2.75, 3.05) is 11.9 Å². The lowest BCUT2D eigenvalue weighted by molar-refractivity contribution is -0.384. The topological polar surface area (TPSA) is 75.4 Å². The normalized spacial score (nSPS) is 12.5. The molecule has 19 heavy (non-hydrogen) atoms. The number of aliphatic hydroxyl groups excluding tert-OH is 1. The predicted octanol–water partition coefficient (Wildman–Crippen LogP) is 3.41. The molecule has 0 bridgehead atoms. The number of nitro groups is 1. The van der Waals surface area contributed by atoms with Crippen molar-refractivity contribution in [3.8, 4) is 0 Å². The van der Waals surface area contributed by atoms with Gasteiger partial charge in [-0.05, 0) is 34.6 Å². The van der Waals surface area contributed by atoms with E-state index in [4.69, 9.17) is 0 Å². The molecular weight excluding hydrogens is 359 g/mol. The van der Waals surface area contributed by atoms with Gasteiger partial charge in [-0.15, -0.1) is 0 Å². The van der Waals surface area contributed by atoms with Gasteiger partial charge in [0.1, 0.15) is 0 Å². The number of nitrogens with zero attached hydrogens (tertiary/aromatic N) is 1. The van der Waals surface area contributed by atoms with Gasteiger partial charge in [0.05, 0.1) is 11.0 Å². The number of nitrogens with one attached hydrogen (secondary N) is 1. The zero-order valence-corrected chi connectivity index (χ0v) is 13.3. The van der Waals surface area contributed by atoms with Crippen LogP contribution in [0.25, 0.3) is 0 Å². The van der Waals surface area contributed by atoms with Crippen molar-refractivity contribution in [2.24, 2.45) is 5.92 Å². The average molecular weight is 378 g/mol. The number of anilines is 1. The molecule has 5 nitrogen and oxygen atoms in total. The summed E-state index contributed by atoms with van der Waals surface area (Å²) in [5.74, 6) is 0.281. The molecule has 0 aromatic heterocycles. The summed E-state index contributed by atoms with van der Waals surface area (Å²) in [5.41, 5.74) is 0.895. The van der Waals surface area contributed by atoms with Crippen LogP contribution in [0.3, 0.4) is 0 Å². The van der Waals surface area contributed by atoms with Crippen molar-refractivity contribution in [2.45, 2.75) is 32.8 Å². The first kappa shape index (κ1) is 16.2. The monoisotopic (exact) mass is 378 g/mol. The van der Waals surface area contributed by atoms with Crippen LogP contribution in [0.1, 0.15) is 26.7 Å². The summed E-state index contributed by atoms with van der Waals surface area (Å²) in [7, 11) is 0. The van der Waals surface area contributed by atoms with Crippen LogP contribution in [0.4, 0.5) is 11.4 Å². The van der Waals surface area contributed by atoms with E-state index in [1.807, 2.05) is 0 Å². The number of halogens is 1. The lowest BCUT2D eigenvalue weighted by Gasteiger charge is -2.21. The van der Waals surface area contributed by atoms with Gasteiger partial charge in [-0.2, -0.15) is 0 Å². The second kappa shape index (κ2) is 7.64. The molecule has 0 radical (unpaired) electrons. The number of nitro benzene ring substituents is 1. The van der Waals surface area contributed by atoms with E-state index in [0.717, 1.165) is 22.1 Å². The molecule has 0 saturated heterocycles. The number of benzene rings is 1. The molecule has 106 valence electrons. The molecule has 0 heterocycles. The van der Waals surface area contributed by atoms with E-state index in [1.54, 1.807) is 6.07 Å². The van der Waals surface area contributed by atoms with Crippen molar-refractivity contribution in [1.29, 1.82) is 0 Å². The summed E-state index contributed by atoms with van der Waals surface area (Å²) in [4.78, 5) is 10.2. The third-order valence-electron chi connectivity index (χ3n) is 3.26. The molecule has 2 N–H and O–H groups in total. The molecule has 0 aliphatic carbocycles. The summed E-state index contributed by atoms with van der Waals surface area (Å²) < 4.78 is 0.781. The number of non-ortho nitro benzene ring substituents is 1. The highest BCUT2D eigenvalue weighted by Crippen LogP contribution is 2.24. The van der Waals surface area contributed by atoms with Crippen molar-refractivity contribution in [3.63, 3.8) is 0 Å². The van der Waals surface area contributed by atoms with Gasteiger partial charge in [0.15, 0.2) is 0 Å². The molecule has 1 unspecified atom stereocenters. The molecule has 0 spiro atoms. The summed E-state index contributed by atoms with van der Waals surface area (Å²) >= 11 is 2.05. The summed E-state index contributed by atoms with van der Waals surface area (Å²) in [5, 5.41) is 23.8. The largest absolute Gasteiger partial charge is 0.391 e. The molecular formula is C13H19IN2O3. The minimum absolute atomic E-state index is 0.0792. The predicted molar refractivity (Wildman–Crippen MR) is 84.4 cm³/mol. The Morgan fingerprint density at radius 3 is 2.53 bits per heavy atom. The van der Waals surface area contributed by atoms with Crippen molar-refractivity contribution in [1.82, 2.24) is 0 Å². The van der Waals surface area contributed by atoms with Crippen LogP contribution in [0.5, 0.6) is 0 Å². The fourth-order valence-corrected chi connectivity index (χ4v) is 2.66. The maximum atomic E-state index is 10.6. The quantitative estimate of drug-likeness (QED) is 0.433. The summed E-state index contributed by atoms with van der Waals surface area (Å²) in [6.45, 7) is 4.58. The number of rotatable bonds is 7. The van der Waals surface area contributed by atoms with Crippen molar-refractivity contribution in [3.05, 3.63) is 31.9 Å². The van der Waals surface area contributed by atoms with Gasteiger partial charge >= 0.3 is 0 Å². The highest BCUT2D eigenvalue weighted by molar-refractivity contribution is 14.1. The van der Waals surface area contributed by atoms with Gasteiger partial charge in [0.2, 0.25) is 0 Å². The minimum Gasteiger partial charge on any atom is -0.391 e. The van der Waals surface area contributed by atoms with E-state index in [0.29, 0.717) is 6.54 Å². The SMILES string of the molecule is CCC(CC)C(O)CNc1ccc([N+](=O)[O-])cc1I. The number of hydrogen-bond donors (Lipinski definition) is 2. The Labute approximate surface area is 126 Å². The van der Waals surface area contributed by atoms with Crippen LogP contribution < -0.4 is 5.32 Å². The Balaban J connectivity index is 2.65. The highest BCUT2D eigenvalue weighted by atomic mass is 127. The first-order valence-corrected chi connectivity index (χ1v) is 7.43. The van der Waals surface area contributed by atoms with Gasteiger partial charge in [0.25, 0.3) is 5.69 Å². The third kappa shape index (κ3) is 4.61. The van der Waals surface area contributed by atoms with Gasteiger partial charge < -0.3 is 10.4 Å². The van der Waals surface area contributed by atoms with Gasteiger partial charge in [-0.3, -0.25) is 10.1 Å². The van der Waals surface area contributed by atoms with E-state index in [1.165, 1.54) is 12.1 Å². The first-order chi connectivity index (χ1) is 8.99. The average Bonchev–Trinajstić information content (AvgIpc) is 2.38. The van der Waals surface area contributed by atoms with E-state index < -0.39 is 11.0 Å². The molecule has 1 aromatic carbocycles. The smallest absolute Gasteiger partial charge is 0.270 e. The third-order valence-corrected chi connectivity index (χ3v) is 4.15. The fourth-order valence-electron chi connectivity index (χ4n) is 1.97. The lowest BCUT2D eigenvalue weighted by atomic mass is 9.96. The van der Waals surface area contributed by atoms with Gasteiger partial charge in [-0.1, -0.05) is 26.7 Å². The number of hydrogen-bond acceptors (Lipinski definition) is 4. The zero-order chi connectivity index (χ0) is 14.4. The zero-order valence-electron chi connectivity index (χ0n) is 11.1. The molecule has 1 atom stereocenters. The Kier molecular flexibility index (Phi) is 6.50. The second-order valence-electron chi connectivity index (χ2n) is 4.45. The van der Waals surface area contributed by atoms with Crippen LogP contribution >= 0.6 is 22.6 Å². The van der Waals surface area contributed by atoms with E-state index in [-0.39, 0.29) is 11.6 Å². The van der Waals surface area contributed by atoms with E-state index in [2.05, 4.69) is 41.8 Å². The maximum absolute atomic E-state index is 10.6. The van der Waals surface area contributed by atoms with Crippen LogP contribution in [0.15, 0.2) is 18.2 Å². The molecule has 0 aliphatic rings. The Morgan fingerprint density at radius 2 is 2.05 bits per heavy atom. The summed E-state index contributed by atoms with van der Waals surface area (Å²) in [6.07, 6.45) is 1.48. The highest BCUT2D eigenvalue weighted by Gasteiger charge is 2.16. The van der Waals surface area contributed by atoms with Crippen LogP contribution in [0.2, 0.25) is 0 Å². The maximum Gasteiger partial charge on any atom is 0.270 e. The standard InChI is InChI=1S/C13H19IN2O3/c1-3-9(4-2)13(17)8-15-12-6-5-10(16(18)19)7-11(12)14/h5-7,9,13,15,17H,3-4,8H2,1-2H3. The Hall–Kier alpha value is -0.890.